The molecule has 0 fully saturated rings. The van der Waals surface area contributed by atoms with Crippen molar-refractivity contribution < 1.29 is 18.9 Å². The molecular weight excluding hydrogens is 416 g/mol. The Balaban J connectivity index is 1.47. The van der Waals surface area contributed by atoms with Gasteiger partial charge in [0, 0.05) is 22.9 Å². The Morgan fingerprint density at radius 3 is 2.64 bits per heavy atom. The van der Waals surface area contributed by atoms with Crippen molar-refractivity contribution in [3.63, 3.8) is 0 Å². The van der Waals surface area contributed by atoms with Gasteiger partial charge in [-0.25, -0.2) is 9.97 Å². The second kappa shape index (κ2) is 9.20. The largest absolute Gasteiger partial charge is 0.493 e. The van der Waals surface area contributed by atoms with Gasteiger partial charge < -0.3 is 18.9 Å². The molecule has 5 rings (SSSR count). The Hall–Kier alpha value is -4.06. The molecule has 1 aliphatic carbocycles. The quantitative estimate of drug-likeness (QED) is 0.457. The fraction of sp³-hybridized carbons (Fsp3) is 0.185. The predicted molar refractivity (Wildman–Crippen MR) is 127 cm³/mol. The van der Waals surface area contributed by atoms with Crippen LogP contribution in [0.15, 0.2) is 84.8 Å². The van der Waals surface area contributed by atoms with E-state index in [-0.39, 0.29) is 0 Å². The molecule has 0 amide bonds. The lowest BCUT2D eigenvalue weighted by Gasteiger charge is -2.19. The molecule has 6 heteroatoms. The highest BCUT2D eigenvalue weighted by Crippen LogP contribution is 2.35. The molecule has 0 saturated carbocycles. The van der Waals surface area contributed by atoms with E-state index in [1.807, 2.05) is 36.4 Å². The number of nitrogens with zero attached hydrogens (tertiary/aromatic N) is 2. The SMILES string of the molecule is COc1ccc(-c2ncnc3ccc(C4=COC=C(CC5=CC=CCC5)O4)cc23)cc1OC. The molecule has 2 aromatic carbocycles. The molecule has 33 heavy (non-hydrogen) atoms. The maximum Gasteiger partial charge on any atom is 0.169 e. The van der Waals surface area contributed by atoms with Crippen molar-refractivity contribution in [2.45, 2.75) is 19.3 Å². The monoisotopic (exact) mass is 440 g/mol. The first kappa shape index (κ1) is 20.8. The van der Waals surface area contributed by atoms with Gasteiger partial charge in [-0.15, -0.1) is 0 Å². The Morgan fingerprint density at radius 1 is 0.939 bits per heavy atom. The third-order valence-electron chi connectivity index (χ3n) is 5.69. The van der Waals surface area contributed by atoms with Gasteiger partial charge in [0.25, 0.3) is 0 Å². The van der Waals surface area contributed by atoms with Crippen LogP contribution in [-0.4, -0.2) is 24.2 Å². The highest BCUT2D eigenvalue weighted by molar-refractivity contribution is 5.94. The number of methoxy groups -OCH3 is 2. The Bertz CT molecular complexity index is 1320. The van der Waals surface area contributed by atoms with E-state index in [2.05, 4.69) is 28.2 Å². The number of allylic oxidation sites excluding steroid dienone is 4. The molecule has 0 atom stereocenters. The molecular formula is C27H24N2O4. The highest BCUT2D eigenvalue weighted by Gasteiger charge is 2.17. The molecule has 6 nitrogen and oxygen atoms in total. The molecule has 3 aromatic rings. The Morgan fingerprint density at radius 2 is 1.82 bits per heavy atom. The summed E-state index contributed by atoms with van der Waals surface area (Å²) in [5, 5.41) is 0.906. The van der Waals surface area contributed by atoms with Gasteiger partial charge in [0.2, 0.25) is 0 Å². The first-order valence-electron chi connectivity index (χ1n) is 10.8. The maximum atomic E-state index is 6.19. The molecule has 0 N–H and O–H groups in total. The van der Waals surface area contributed by atoms with E-state index in [4.69, 9.17) is 18.9 Å². The highest BCUT2D eigenvalue weighted by atomic mass is 16.5. The lowest BCUT2D eigenvalue weighted by molar-refractivity contribution is 0.273. The van der Waals surface area contributed by atoms with E-state index in [1.165, 1.54) is 5.57 Å². The van der Waals surface area contributed by atoms with Crippen molar-refractivity contribution in [3.8, 4) is 22.8 Å². The second-order valence-electron chi connectivity index (χ2n) is 7.80. The molecule has 0 unspecified atom stereocenters. The minimum atomic E-state index is 0.645. The standard InChI is InChI=1S/C27H24N2O4/c1-30-24-11-9-20(14-25(24)31-2)27-22-13-19(8-10-23(22)28-17-29-27)26-16-32-15-21(33-26)12-18-6-4-3-5-7-18/h3-4,6,8-11,13-17H,5,7,12H2,1-2H3. The average molecular weight is 440 g/mol. The minimum Gasteiger partial charge on any atom is -0.493 e. The van der Waals surface area contributed by atoms with Crippen molar-refractivity contribution in [1.82, 2.24) is 9.97 Å². The van der Waals surface area contributed by atoms with Gasteiger partial charge in [-0.1, -0.05) is 23.8 Å². The van der Waals surface area contributed by atoms with Crippen LogP contribution in [0.4, 0.5) is 0 Å². The zero-order chi connectivity index (χ0) is 22.6. The van der Waals surface area contributed by atoms with Crippen LogP contribution in [0.2, 0.25) is 0 Å². The summed E-state index contributed by atoms with van der Waals surface area (Å²) in [6.07, 6.45) is 14.1. The summed E-state index contributed by atoms with van der Waals surface area (Å²) in [6.45, 7) is 0. The molecule has 2 heterocycles. The van der Waals surface area contributed by atoms with E-state index in [0.29, 0.717) is 17.3 Å². The average Bonchev–Trinajstić information content (AvgIpc) is 2.88. The zero-order valence-electron chi connectivity index (χ0n) is 18.6. The molecule has 0 spiro atoms. The third kappa shape index (κ3) is 4.32. The van der Waals surface area contributed by atoms with Crippen LogP contribution in [-0.2, 0) is 9.47 Å². The molecule has 166 valence electrons. The Kier molecular flexibility index (Phi) is 5.81. The predicted octanol–water partition coefficient (Wildman–Crippen LogP) is 6.17. The molecule has 1 aromatic heterocycles. The number of hydrogen-bond donors (Lipinski definition) is 0. The first-order chi connectivity index (χ1) is 16.2. The van der Waals surface area contributed by atoms with Crippen molar-refractivity contribution in [1.29, 1.82) is 0 Å². The van der Waals surface area contributed by atoms with Crippen LogP contribution in [0.5, 0.6) is 11.5 Å². The summed E-state index contributed by atoms with van der Waals surface area (Å²) in [5.41, 5.74) is 4.77. The molecule has 1 aliphatic heterocycles. The van der Waals surface area contributed by atoms with Crippen LogP contribution in [0, 0.1) is 0 Å². The maximum absolute atomic E-state index is 6.19. The Labute approximate surface area is 192 Å². The van der Waals surface area contributed by atoms with Crippen molar-refractivity contribution in [2.75, 3.05) is 14.2 Å². The number of ether oxygens (including phenoxy) is 4. The summed E-state index contributed by atoms with van der Waals surface area (Å²) in [7, 11) is 3.24. The lowest BCUT2D eigenvalue weighted by atomic mass is 10.0. The van der Waals surface area contributed by atoms with Gasteiger partial charge in [0.05, 0.1) is 25.4 Å². The summed E-state index contributed by atoms with van der Waals surface area (Å²) in [5.74, 6) is 2.76. The zero-order valence-corrected chi connectivity index (χ0v) is 18.6. The van der Waals surface area contributed by atoms with Crippen LogP contribution in [0.3, 0.4) is 0 Å². The van der Waals surface area contributed by atoms with E-state index < -0.39 is 0 Å². The molecule has 2 aliphatic rings. The van der Waals surface area contributed by atoms with Crippen LogP contribution in [0.25, 0.3) is 27.9 Å². The molecule has 0 radical (unpaired) electrons. The van der Waals surface area contributed by atoms with Gasteiger partial charge >= 0.3 is 0 Å². The van der Waals surface area contributed by atoms with E-state index >= 15 is 0 Å². The van der Waals surface area contributed by atoms with Gasteiger partial charge in [-0.05, 0) is 49.2 Å². The van der Waals surface area contributed by atoms with Crippen LogP contribution >= 0.6 is 0 Å². The van der Waals surface area contributed by atoms with Gasteiger partial charge in [-0.3, -0.25) is 0 Å². The first-order valence-corrected chi connectivity index (χ1v) is 10.8. The van der Waals surface area contributed by atoms with Crippen molar-refractivity contribution in [2.24, 2.45) is 0 Å². The van der Waals surface area contributed by atoms with Crippen LogP contribution in [0.1, 0.15) is 24.8 Å². The number of aromatic nitrogens is 2. The summed E-state index contributed by atoms with van der Waals surface area (Å²) < 4.78 is 22.7. The van der Waals surface area contributed by atoms with Gasteiger partial charge in [0.1, 0.15) is 24.6 Å². The van der Waals surface area contributed by atoms with Crippen LogP contribution < -0.4 is 9.47 Å². The third-order valence-corrected chi connectivity index (χ3v) is 5.69. The number of hydrogen-bond acceptors (Lipinski definition) is 6. The van der Waals surface area contributed by atoms with Crippen molar-refractivity contribution in [3.05, 3.63) is 90.4 Å². The fourth-order valence-corrected chi connectivity index (χ4v) is 4.01. The van der Waals surface area contributed by atoms with E-state index in [1.54, 1.807) is 33.1 Å². The second-order valence-corrected chi connectivity index (χ2v) is 7.80. The number of rotatable bonds is 6. The van der Waals surface area contributed by atoms with Crippen molar-refractivity contribution >= 4 is 16.7 Å². The van der Waals surface area contributed by atoms with Gasteiger partial charge in [0.15, 0.2) is 17.3 Å². The molecule has 0 bridgehead atoms. The summed E-state index contributed by atoms with van der Waals surface area (Å²) in [4.78, 5) is 9.00. The van der Waals surface area contributed by atoms with E-state index in [0.717, 1.165) is 52.7 Å². The number of benzene rings is 2. The molecule has 0 saturated heterocycles. The van der Waals surface area contributed by atoms with E-state index in [9.17, 15) is 0 Å². The topological polar surface area (TPSA) is 62.7 Å². The summed E-state index contributed by atoms with van der Waals surface area (Å²) >= 11 is 0. The summed E-state index contributed by atoms with van der Waals surface area (Å²) in [6, 6.07) is 11.7. The fourth-order valence-electron chi connectivity index (χ4n) is 4.01. The smallest absolute Gasteiger partial charge is 0.169 e. The number of fused-ring (bicyclic) bond motifs is 1. The lowest BCUT2D eigenvalue weighted by Crippen LogP contribution is -2.02. The normalized spacial score (nSPS) is 15.2. The minimum absolute atomic E-state index is 0.645. The van der Waals surface area contributed by atoms with Gasteiger partial charge in [-0.2, -0.15) is 0 Å².